The molecule has 3 aromatic rings. The summed E-state index contributed by atoms with van der Waals surface area (Å²) in [6, 6.07) is 13.0. The minimum absolute atomic E-state index is 0.113. The van der Waals surface area contributed by atoms with Gasteiger partial charge in [0.1, 0.15) is 5.76 Å². The normalized spacial score (nSPS) is 18.2. The van der Waals surface area contributed by atoms with Crippen LogP contribution in [0.15, 0.2) is 78.6 Å². The first-order valence-electron chi connectivity index (χ1n) is 9.64. The first-order chi connectivity index (χ1) is 15.2. The van der Waals surface area contributed by atoms with Crippen LogP contribution in [0, 0.1) is 6.92 Å². The van der Waals surface area contributed by atoms with Crippen molar-refractivity contribution in [1.29, 1.82) is 0 Å². The molecule has 1 N–H and O–H groups in total. The highest BCUT2D eigenvalue weighted by Gasteiger charge is 2.47. The molecule has 0 aliphatic carbocycles. The lowest BCUT2D eigenvalue weighted by Crippen LogP contribution is -2.29. The second-order valence-electron chi connectivity index (χ2n) is 7.31. The second kappa shape index (κ2) is 7.96. The number of ketones is 1. The molecule has 1 aliphatic rings. The maximum Gasteiger partial charge on any atom is 0.416 e. The van der Waals surface area contributed by atoms with Gasteiger partial charge in [0, 0.05) is 23.6 Å². The summed E-state index contributed by atoms with van der Waals surface area (Å²) in [5.41, 5.74) is 0.711. The van der Waals surface area contributed by atoms with E-state index >= 15 is 0 Å². The molecule has 32 heavy (non-hydrogen) atoms. The average Bonchev–Trinajstić information content (AvgIpc) is 3.04. The monoisotopic (exact) mass is 438 g/mol. The largest absolute Gasteiger partial charge is 0.507 e. The van der Waals surface area contributed by atoms with Gasteiger partial charge in [0.25, 0.3) is 11.7 Å². The molecule has 4 rings (SSSR count). The molecule has 1 saturated heterocycles. The van der Waals surface area contributed by atoms with Gasteiger partial charge in [-0.1, -0.05) is 24.3 Å². The van der Waals surface area contributed by atoms with Crippen molar-refractivity contribution in [3.8, 4) is 0 Å². The third-order valence-electron chi connectivity index (χ3n) is 5.35. The third-order valence-corrected chi connectivity index (χ3v) is 5.35. The average molecular weight is 438 g/mol. The van der Waals surface area contributed by atoms with Gasteiger partial charge in [0.15, 0.2) is 0 Å². The van der Waals surface area contributed by atoms with Crippen LogP contribution in [0.3, 0.4) is 0 Å². The summed E-state index contributed by atoms with van der Waals surface area (Å²) >= 11 is 0. The number of Topliss-reactive ketones (excluding diaryl/α,β-unsaturated/α-hetero) is 1. The first-order valence-corrected chi connectivity index (χ1v) is 9.64. The van der Waals surface area contributed by atoms with Crippen molar-refractivity contribution in [3.63, 3.8) is 0 Å². The maximum atomic E-state index is 13.0. The molecule has 0 radical (unpaired) electrons. The van der Waals surface area contributed by atoms with Gasteiger partial charge in [-0.15, -0.1) is 0 Å². The summed E-state index contributed by atoms with van der Waals surface area (Å²) in [5, 5.41) is 10.9. The van der Waals surface area contributed by atoms with Gasteiger partial charge in [-0.05, 0) is 54.4 Å². The van der Waals surface area contributed by atoms with Gasteiger partial charge in [0.05, 0.1) is 17.2 Å². The van der Waals surface area contributed by atoms with E-state index in [1.165, 1.54) is 24.5 Å². The van der Waals surface area contributed by atoms with E-state index in [2.05, 4.69) is 4.98 Å². The summed E-state index contributed by atoms with van der Waals surface area (Å²) in [6.07, 6.45) is -1.67. The highest BCUT2D eigenvalue weighted by Crippen LogP contribution is 2.43. The molecular formula is C24H17F3N2O3. The molecule has 0 bridgehead atoms. The fourth-order valence-electron chi connectivity index (χ4n) is 3.76. The van der Waals surface area contributed by atoms with Crippen LogP contribution in [0.4, 0.5) is 18.9 Å². The van der Waals surface area contributed by atoms with Crippen LogP contribution in [-0.4, -0.2) is 21.8 Å². The Morgan fingerprint density at radius 2 is 1.59 bits per heavy atom. The van der Waals surface area contributed by atoms with Gasteiger partial charge in [-0.25, -0.2) is 0 Å². The van der Waals surface area contributed by atoms with E-state index in [0.29, 0.717) is 11.1 Å². The summed E-state index contributed by atoms with van der Waals surface area (Å²) in [5.74, 6) is -2.24. The Labute approximate surface area is 181 Å². The van der Waals surface area contributed by atoms with Crippen LogP contribution in [0.25, 0.3) is 5.76 Å². The minimum Gasteiger partial charge on any atom is -0.507 e. The maximum absolute atomic E-state index is 13.0. The molecule has 1 atom stereocenters. The van der Waals surface area contributed by atoms with Gasteiger partial charge >= 0.3 is 6.18 Å². The number of rotatable bonds is 3. The second-order valence-corrected chi connectivity index (χ2v) is 7.31. The van der Waals surface area contributed by atoms with Crippen molar-refractivity contribution < 1.29 is 27.9 Å². The van der Waals surface area contributed by atoms with Crippen molar-refractivity contribution in [2.24, 2.45) is 0 Å². The Kier molecular flexibility index (Phi) is 5.30. The molecule has 1 unspecified atom stereocenters. The van der Waals surface area contributed by atoms with Gasteiger partial charge in [0.2, 0.25) is 0 Å². The molecule has 162 valence electrons. The number of aromatic nitrogens is 1. The molecule has 1 amide bonds. The highest BCUT2D eigenvalue weighted by molar-refractivity contribution is 6.51. The molecule has 1 fully saturated rings. The Hall–Kier alpha value is -3.94. The van der Waals surface area contributed by atoms with Crippen molar-refractivity contribution in [2.45, 2.75) is 19.1 Å². The topological polar surface area (TPSA) is 70.5 Å². The van der Waals surface area contributed by atoms with Crippen molar-refractivity contribution >= 4 is 23.1 Å². The summed E-state index contributed by atoms with van der Waals surface area (Å²) < 4.78 is 39.0. The smallest absolute Gasteiger partial charge is 0.416 e. The third kappa shape index (κ3) is 3.64. The number of benzene rings is 2. The SMILES string of the molecule is Cc1ccccc1C1/C(=C(\O)c2ccncc2)C(=O)C(=O)N1c1ccc(C(F)(F)F)cc1. The zero-order valence-corrected chi connectivity index (χ0v) is 16.8. The van der Waals surface area contributed by atoms with E-state index in [-0.39, 0.29) is 17.0 Å². The van der Waals surface area contributed by atoms with Crippen LogP contribution in [0.5, 0.6) is 0 Å². The number of amides is 1. The number of anilines is 1. The number of carbonyl (C=O) groups is 2. The van der Waals surface area contributed by atoms with E-state index in [4.69, 9.17) is 0 Å². The Morgan fingerprint density at radius 3 is 2.19 bits per heavy atom. The van der Waals surface area contributed by atoms with E-state index in [1.54, 1.807) is 31.2 Å². The van der Waals surface area contributed by atoms with Crippen LogP contribution >= 0.6 is 0 Å². The van der Waals surface area contributed by atoms with Crippen LogP contribution in [-0.2, 0) is 15.8 Å². The fourth-order valence-corrected chi connectivity index (χ4v) is 3.76. The van der Waals surface area contributed by atoms with Gasteiger partial charge in [-0.2, -0.15) is 13.2 Å². The van der Waals surface area contributed by atoms with Gasteiger partial charge < -0.3 is 5.11 Å². The summed E-state index contributed by atoms with van der Waals surface area (Å²) in [7, 11) is 0. The Balaban J connectivity index is 1.92. The lowest BCUT2D eigenvalue weighted by molar-refractivity contribution is -0.137. The molecule has 8 heteroatoms. The number of nitrogens with zero attached hydrogens (tertiary/aromatic N) is 2. The fraction of sp³-hybridized carbons (Fsp3) is 0.125. The first kappa shape index (κ1) is 21.3. The number of hydrogen-bond acceptors (Lipinski definition) is 4. The van der Waals surface area contributed by atoms with E-state index in [9.17, 15) is 27.9 Å². The van der Waals surface area contributed by atoms with E-state index in [1.807, 2.05) is 0 Å². The number of alkyl halides is 3. The minimum atomic E-state index is -4.54. The van der Waals surface area contributed by atoms with Crippen LogP contribution < -0.4 is 4.90 Å². The molecule has 5 nitrogen and oxygen atoms in total. The lowest BCUT2D eigenvalue weighted by Gasteiger charge is -2.27. The Morgan fingerprint density at radius 1 is 0.969 bits per heavy atom. The molecule has 1 aromatic heterocycles. The number of pyridine rings is 1. The zero-order valence-electron chi connectivity index (χ0n) is 16.8. The predicted molar refractivity (Wildman–Crippen MR) is 112 cm³/mol. The molecule has 0 saturated carbocycles. The zero-order chi connectivity index (χ0) is 23.0. The van der Waals surface area contributed by atoms with E-state index < -0.39 is 29.5 Å². The molecule has 0 spiro atoms. The molecule has 2 heterocycles. The number of aliphatic hydroxyl groups excluding tert-OH is 1. The van der Waals surface area contributed by atoms with Crippen LogP contribution in [0.2, 0.25) is 0 Å². The highest BCUT2D eigenvalue weighted by atomic mass is 19.4. The van der Waals surface area contributed by atoms with Crippen molar-refractivity contribution in [1.82, 2.24) is 4.98 Å². The van der Waals surface area contributed by atoms with Crippen molar-refractivity contribution in [2.75, 3.05) is 4.90 Å². The molecule has 2 aromatic carbocycles. The van der Waals surface area contributed by atoms with Crippen LogP contribution in [0.1, 0.15) is 28.3 Å². The van der Waals surface area contributed by atoms with Gasteiger partial charge in [-0.3, -0.25) is 19.5 Å². The summed E-state index contributed by atoms with van der Waals surface area (Å²) in [4.78, 5) is 31.1. The Bertz CT molecular complexity index is 1220. The molecular weight excluding hydrogens is 421 g/mol. The quantitative estimate of drug-likeness (QED) is 0.354. The van der Waals surface area contributed by atoms with Crippen molar-refractivity contribution in [3.05, 3.63) is 101 Å². The number of aryl methyl sites for hydroxylation is 1. The number of hydrogen-bond donors (Lipinski definition) is 1. The number of aliphatic hydroxyl groups is 1. The van der Waals surface area contributed by atoms with E-state index in [0.717, 1.165) is 34.7 Å². The molecule has 1 aliphatic heterocycles. The lowest BCUT2D eigenvalue weighted by atomic mass is 9.92. The number of carbonyl (C=O) groups excluding carboxylic acids is 2. The number of halogens is 3. The summed E-state index contributed by atoms with van der Waals surface area (Å²) in [6.45, 7) is 1.79. The predicted octanol–water partition coefficient (Wildman–Crippen LogP) is 5.04. The standard InChI is InChI=1S/C24H17F3N2O3/c1-14-4-2-3-5-18(14)20-19(21(30)15-10-12-28-13-11-15)22(31)23(32)29(20)17-8-6-16(7-9-17)24(25,26)27/h2-13,20,30H,1H3/b21-19+.